The number of nitrogens with one attached hydrogen (secondary N) is 1. The van der Waals surface area contributed by atoms with Gasteiger partial charge in [0.1, 0.15) is 6.54 Å². The molecule has 6 heteroatoms. The Balaban J connectivity index is 1.81. The lowest BCUT2D eigenvalue weighted by atomic mass is 10.1. The van der Waals surface area contributed by atoms with Gasteiger partial charge in [-0.3, -0.25) is 9.59 Å². The van der Waals surface area contributed by atoms with Crippen molar-refractivity contribution >= 4 is 11.8 Å². The number of piperazine rings is 1. The van der Waals surface area contributed by atoms with Gasteiger partial charge in [-0.05, 0) is 23.8 Å². The molecule has 2 aromatic carbocycles. The van der Waals surface area contributed by atoms with E-state index in [1.807, 2.05) is 30.3 Å². The van der Waals surface area contributed by atoms with Crippen molar-refractivity contribution in [2.75, 3.05) is 32.7 Å². The van der Waals surface area contributed by atoms with E-state index in [-0.39, 0.29) is 18.4 Å². The lowest BCUT2D eigenvalue weighted by molar-refractivity contribution is -0.132. The van der Waals surface area contributed by atoms with E-state index in [0.29, 0.717) is 30.8 Å². The summed E-state index contributed by atoms with van der Waals surface area (Å²) < 4.78 is 0. The van der Waals surface area contributed by atoms with Gasteiger partial charge in [-0.15, -0.1) is 0 Å². The molecule has 1 aliphatic rings. The Morgan fingerprint density at radius 2 is 1.81 bits per heavy atom. The zero-order valence-electron chi connectivity index (χ0n) is 15.1. The van der Waals surface area contributed by atoms with Crippen molar-refractivity contribution in [1.29, 1.82) is 5.26 Å². The summed E-state index contributed by atoms with van der Waals surface area (Å²) in [7, 11) is 0. The zero-order chi connectivity index (χ0) is 19.1. The maximum atomic E-state index is 13.1. The Hall–Kier alpha value is -3.17. The highest BCUT2D eigenvalue weighted by Gasteiger charge is 2.23. The predicted octanol–water partition coefficient (Wildman–Crippen LogP) is 1.63. The first-order valence-corrected chi connectivity index (χ1v) is 8.99. The molecule has 1 aliphatic heterocycles. The van der Waals surface area contributed by atoms with Crippen LogP contribution < -0.4 is 5.32 Å². The third-order valence-electron chi connectivity index (χ3n) is 4.54. The van der Waals surface area contributed by atoms with Crippen molar-refractivity contribution in [3.8, 4) is 6.07 Å². The fourth-order valence-electron chi connectivity index (χ4n) is 3.09. The van der Waals surface area contributed by atoms with E-state index in [1.165, 1.54) is 0 Å². The Bertz CT molecular complexity index is 839. The first-order valence-electron chi connectivity index (χ1n) is 8.99. The molecule has 1 N–H and O–H groups in total. The van der Waals surface area contributed by atoms with Crippen LogP contribution >= 0.6 is 0 Å². The van der Waals surface area contributed by atoms with Gasteiger partial charge in [0.25, 0.3) is 5.91 Å². The molecule has 0 bridgehead atoms. The molecule has 0 unspecified atom stereocenters. The number of carbonyl (C=O) groups excluding carboxylic acids is 2. The topological polar surface area (TPSA) is 76.4 Å². The first kappa shape index (κ1) is 18.6. The molecule has 0 aliphatic carbocycles. The molecule has 1 fully saturated rings. The van der Waals surface area contributed by atoms with Gasteiger partial charge in [-0.1, -0.05) is 36.4 Å². The highest BCUT2D eigenvalue weighted by atomic mass is 16.2. The molecule has 1 heterocycles. The molecular weight excluding hydrogens is 340 g/mol. The van der Waals surface area contributed by atoms with Crippen LogP contribution in [0.25, 0.3) is 0 Å². The molecule has 1 saturated heterocycles. The van der Waals surface area contributed by atoms with Gasteiger partial charge >= 0.3 is 0 Å². The summed E-state index contributed by atoms with van der Waals surface area (Å²) in [6, 6.07) is 18.2. The van der Waals surface area contributed by atoms with E-state index in [9.17, 15) is 9.59 Å². The standard InChI is InChI=1S/C21H22N4O2/c22-14-18-7-4-8-19(13-18)21(27)25(15-17-5-2-1-3-6-17)16-20(26)24-11-9-23-10-12-24/h1-8,13,23H,9-12,15-16H2. The molecule has 0 saturated carbocycles. The van der Waals surface area contributed by atoms with Gasteiger partial charge in [-0.25, -0.2) is 0 Å². The molecule has 0 radical (unpaired) electrons. The van der Waals surface area contributed by atoms with Gasteiger partial charge in [0, 0.05) is 38.3 Å². The van der Waals surface area contributed by atoms with Gasteiger partial charge in [0.2, 0.25) is 5.91 Å². The normalized spacial score (nSPS) is 13.7. The maximum Gasteiger partial charge on any atom is 0.254 e. The molecule has 0 atom stereocenters. The van der Waals surface area contributed by atoms with Gasteiger partial charge in [0.05, 0.1) is 11.6 Å². The van der Waals surface area contributed by atoms with Crippen LogP contribution in [0.4, 0.5) is 0 Å². The molecule has 3 rings (SSSR count). The van der Waals surface area contributed by atoms with Crippen LogP contribution in [0.3, 0.4) is 0 Å². The number of hydrogen-bond donors (Lipinski definition) is 1. The van der Waals surface area contributed by atoms with Crippen LogP contribution in [-0.2, 0) is 11.3 Å². The predicted molar refractivity (Wildman–Crippen MR) is 102 cm³/mol. The number of rotatable bonds is 5. The van der Waals surface area contributed by atoms with Crippen LogP contribution in [0, 0.1) is 11.3 Å². The van der Waals surface area contributed by atoms with Gasteiger partial charge in [0.15, 0.2) is 0 Å². The average molecular weight is 362 g/mol. The highest BCUT2D eigenvalue weighted by Crippen LogP contribution is 2.12. The highest BCUT2D eigenvalue weighted by molar-refractivity contribution is 5.96. The summed E-state index contributed by atoms with van der Waals surface area (Å²) in [5.41, 5.74) is 1.79. The summed E-state index contributed by atoms with van der Waals surface area (Å²) in [4.78, 5) is 29.1. The monoisotopic (exact) mass is 362 g/mol. The second kappa shape index (κ2) is 8.97. The summed E-state index contributed by atoms with van der Waals surface area (Å²) in [6.07, 6.45) is 0. The summed E-state index contributed by atoms with van der Waals surface area (Å²) >= 11 is 0. The van der Waals surface area contributed by atoms with Crippen LogP contribution in [0.1, 0.15) is 21.5 Å². The first-order chi connectivity index (χ1) is 13.2. The quantitative estimate of drug-likeness (QED) is 0.877. The second-order valence-electron chi connectivity index (χ2n) is 6.47. The van der Waals surface area contributed by atoms with E-state index >= 15 is 0 Å². The maximum absolute atomic E-state index is 13.1. The Morgan fingerprint density at radius 1 is 1.07 bits per heavy atom. The largest absolute Gasteiger partial charge is 0.339 e. The molecule has 27 heavy (non-hydrogen) atoms. The minimum absolute atomic E-state index is 0.0184. The third kappa shape index (κ3) is 4.93. The van der Waals surface area contributed by atoms with E-state index in [2.05, 4.69) is 11.4 Å². The molecule has 138 valence electrons. The van der Waals surface area contributed by atoms with Crippen LogP contribution in [0.15, 0.2) is 54.6 Å². The van der Waals surface area contributed by atoms with Crippen molar-refractivity contribution in [3.05, 3.63) is 71.3 Å². The van der Waals surface area contributed by atoms with Crippen LogP contribution in [0.5, 0.6) is 0 Å². The molecule has 2 amide bonds. The van der Waals surface area contributed by atoms with Crippen molar-refractivity contribution in [2.45, 2.75) is 6.54 Å². The van der Waals surface area contributed by atoms with Crippen LogP contribution in [-0.4, -0.2) is 54.3 Å². The summed E-state index contributed by atoms with van der Waals surface area (Å²) in [6.45, 7) is 3.19. The average Bonchev–Trinajstić information content (AvgIpc) is 2.74. The fourth-order valence-corrected chi connectivity index (χ4v) is 3.09. The molecule has 6 nitrogen and oxygen atoms in total. The smallest absolute Gasteiger partial charge is 0.254 e. The zero-order valence-corrected chi connectivity index (χ0v) is 15.1. The van der Waals surface area contributed by atoms with E-state index in [4.69, 9.17) is 5.26 Å². The Labute approximate surface area is 159 Å². The lowest BCUT2D eigenvalue weighted by Gasteiger charge is -2.30. The van der Waals surface area contributed by atoms with E-state index in [0.717, 1.165) is 18.7 Å². The molecule has 0 spiro atoms. The number of benzene rings is 2. The number of amides is 2. The number of carbonyl (C=O) groups is 2. The van der Waals surface area contributed by atoms with E-state index < -0.39 is 0 Å². The molecule has 2 aromatic rings. The lowest BCUT2D eigenvalue weighted by Crippen LogP contribution is -2.50. The van der Waals surface area contributed by atoms with Crippen LogP contribution in [0.2, 0.25) is 0 Å². The van der Waals surface area contributed by atoms with Crippen molar-refractivity contribution < 1.29 is 9.59 Å². The van der Waals surface area contributed by atoms with E-state index in [1.54, 1.807) is 34.1 Å². The minimum atomic E-state index is -0.251. The van der Waals surface area contributed by atoms with Gasteiger partial charge < -0.3 is 15.1 Å². The number of nitrogens with zero attached hydrogens (tertiary/aromatic N) is 3. The summed E-state index contributed by atoms with van der Waals surface area (Å²) in [5, 5.41) is 12.3. The molecule has 0 aromatic heterocycles. The van der Waals surface area contributed by atoms with Crippen molar-refractivity contribution in [3.63, 3.8) is 0 Å². The fraction of sp³-hybridized carbons (Fsp3) is 0.286. The van der Waals surface area contributed by atoms with Crippen molar-refractivity contribution in [1.82, 2.24) is 15.1 Å². The number of nitriles is 1. The van der Waals surface area contributed by atoms with Crippen molar-refractivity contribution in [2.24, 2.45) is 0 Å². The molecular formula is C21H22N4O2. The Morgan fingerprint density at radius 3 is 2.52 bits per heavy atom. The Kier molecular flexibility index (Phi) is 6.18. The minimum Gasteiger partial charge on any atom is -0.339 e. The number of hydrogen-bond acceptors (Lipinski definition) is 4. The van der Waals surface area contributed by atoms with Gasteiger partial charge in [-0.2, -0.15) is 5.26 Å². The summed E-state index contributed by atoms with van der Waals surface area (Å²) in [5.74, 6) is -0.309. The SMILES string of the molecule is N#Cc1cccc(C(=O)N(CC(=O)N2CCNCC2)Cc2ccccc2)c1. The second-order valence-corrected chi connectivity index (χ2v) is 6.47. The third-order valence-corrected chi connectivity index (χ3v) is 4.54.